The molecule has 5 heteroatoms. The first-order valence-corrected chi connectivity index (χ1v) is 22.9. The van der Waals surface area contributed by atoms with E-state index in [1.54, 1.807) is 0 Å². The van der Waals surface area contributed by atoms with Crippen molar-refractivity contribution in [3.05, 3.63) is 243 Å². The number of benzene rings is 10. The zero-order chi connectivity index (χ0) is 45.0. The third kappa shape index (κ3) is 6.93. The molecule has 3 heterocycles. The van der Waals surface area contributed by atoms with Crippen molar-refractivity contribution in [3.8, 4) is 84.4 Å². The summed E-state index contributed by atoms with van der Waals surface area (Å²) in [5, 5.41) is 4.22. The van der Waals surface area contributed by atoms with E-state index < -0.39 is 0 Å². The molecule has 68 heavy (non-hydrogen) atoms. The lowest BCUT2D eigenvalue weighted by Crippen LogP contribution is -2.00. The molecule has 13 rings (SSSR count). The summed E-state index contributed by atoms with van der Waals surface area (Å²) in [6.45, 7) is 0. The number of hydrogen-bond acceptors (Lipinski definition) is 4. The number of nitrogens with zero attached hydrogens (tertiary/aromatic N) is 4. The topological polar surface area (TPSA) is 56.7 Å². The minimum atomic E-state index is 0.573. The van der Waals surface area contributed by atoms with Crippen LogP contribution in [0.5, 0.6) is 0 Å². The zero-order valence-electron chi connectivity index (χ0n) is 36.8. The summed E-state index contributed by atoms with van der Waals surface area (Å²) < 4.78 is 9.14. The Morgan fingerprint density at radius 1 is 0.279 bits per heavy atom. The van der Waals surface area contributed by atoms with Crippen LogP contribution in [0.25, 0.3) is 128 Å². The van der Waals surface area contributed by atoms with E-state index in [4.69, 9.17) is 19.4 Å². The van der Waals surface area contributed by atoms with Gasteiger partial charge in [0.2, 0.25) is 0 Å². The highest BCUT2D eigenvalue weighted by Crippen LogP contribution is 2.42. The van der Waals surface area contributed by atoms with Crippen LogP contribution in [0.1, 0.15) is 0 Å². The molecule has 0 amide bonds. The predicted octanol–water partition coefficient (Wildman–Crippen LogP) is 16.5. The van der Waals surface area contributed by atoms with Crippen LogP contribution in [0.3, 0.4) is 0 Å². The number of furan rings is 1. The van der Waals surface area contributed by atoms with E-state index in [1.165, 1.54) is 11.1 Å². The number of aromatic nitrogens is 4. The molecule has 318 valence electrons. The van der Waals surface area contributed by atoms with Gasteiger partial charge < -0.3 is 8.98 Å². The third-order valence-electron chi connectivity index (χ3n) is 13.1. The van der Waals surface area contributed by atoms with Gasteiger partial charge in [0.1, 0.15) is 11.2 Å². The van der Waals surface area contributed by atoms with E-state index in [-0.39, 0.29) is 0 Å². The first-order valence-electron chi connectivity index (χ1n) is 22.9. The summed E-state index contributed by atoms with van der Waals surface area (Å²) in [5.41, 5.74) is 16.8. The van der Waals surface area contributed by atoms with Gasteiger partial charge in [-0.15, -0.1) is 0 Å². The number of fused-ring (bicyclic) bond motifs is 6. The van der Waals surface area contributed by atoms with Gasteiger partial charge in [-0.1, -0.05) is 206 Å². The maximum Gasteiger partial charge on any atom is 0.164 e. The molecule has 0 aliphatic carbocycles. The molecule has 0 saturated carbocycles. The summed E-state index contributed by atoms with van der Waals surface area (Å²) in [7, 11) is 0. The average Bonchev–Trinajstić information content (AvgIpc) is 3.96. The molecule has 5 nitrogen and oxygen atoms in total. The average molecular weight is 869 g/mol. The fourth-order valence-corrected chi connectivity index (χ4v) is 9.70. The molecule has 0 atom stereocenters. The van der Waals surface area contributed by atoms with E-state index in [0.29, 0.717) is 17.5 Å². The van der Waals surface area contributed by atoms with Gasteiger partial charge in [0.25, 0.3) is 0 Å². The van der Waals surface area contributed by atoms with Crippen LogP contribution < -0.4 is 0 Å². The van der Waals surface area contributed by atoms with Crippen LogP contribution in [0, 0.1) is 0 Å². The largest absolute Gasteiger partial charge is 0.456 e. The molecule has 10 aromatic carbocycles. The Kier molecular flexibility index (Phi) is 9.43. The van der Waals surface area contributed by atoms with Gasteiger partial charge in [-0.3, -0.25) is 0 Å². The lowest BCUT2D eigenvalue weighted by atomic mass is 10.00. The van der Waals surface area contributed by atoms with Gasteiger partial charge in [0.05, 0.1) is 11.0 Å². The molecule has 3 aromatic heterocycles. The SMILES string of the molecule is c1ccc(-c2ccc(-c3cccc(-n4c5ccccc5c5cc6oc7cccc(-c8nc(-c9ccc(-c%10ccccc%10)cc9)nc(-c9ccc(-c%10ccccc%10)cc9)n8)c7c6cc54)c3)cc2)cc1. The lowest BCUT2D eigenvalue weighted by molar-refractivity contribution is 0.669. The van der Waals surface area contributed by atoms with Crippen molar-refractivity contribution in [2.24, 2.45) is 0 Å². The quantitative estimate of drug-likeness (QED) is 0.153. The second kappa shape index (κ2) is 16.4. The Labute approximate surface area is 392 Å². The van der Waals surface area contributed by atoms with Crippen LogP contribution in [0.15, 0.2) is 247 Å². The molecule has 0 saturated heterocycles. The van der Waals surface area contributed by atoms with E-state index >= 15 is 0 Å². The first kappa shape index (κ1) is 39.2. The van der Waals surface area contributed by atoms with Gasteiger partial charge >= 0.3 is 0 Å². The Balaban J connectivity index is 0.967. The molecule has 0 aliphatic rings. The van der Waals surface area contributed by atoms with Crippen molar-refractivity contribution in [2.75, 3.05) is 0 Å². The van der Waals surface area contributed by atoms with Crippen LogP contribution in [-0.4, -0.2) is 19.5 Å². The van der Waals surface area contributed by atoms with Gasteiger partial charge in [0.15, 0.2) is 17.5 Å². The lowest BCUT2D eigenvalue weighted by Gasteiger charge is -2.11. The molecule has 13 aromatic rings. The second-order valence-corrected chi connectivity index (χ2v) is 17.2. The maximum atomic E-state index is 6.76. The van der Waals surface area contributed by atoms with Crippen molar-refractivity contribution >= 4 is 43.7 Å². The fraction of sp³-hybridized carbons (Fsp3) is 0. The monoisotopic (exact) mass is 868 g/mol. The Morgan fingerprint density at radius 3 is 1.31 bits per heavy atom. The highest BCUT2D eigenvalue weighted by atomic mass is 16.3. The Morgan fingerprint density at radius 2 is 0.735 bits per heavy atom. The molecular formula is C63H40N4O. The number of para-hydroxylation sites is 1. The van der Waals surface area contributed by atoms with Crippen LogP contribution >= 0.6 is 0 Å². The maximum absolute atomic E-state index is 6.76. The van der Waals surface area contributed by atoms with Crippen molar-refractivity contribution in [1.82, 2.24) is 19.5 Å². The van der Waals surface area contributed by atoms with Gasteiger partial charge in [0, 0.05) is 43.9 Å². The molecule has 0 spiro atoms. The first-order chi connectivity index (χ1) is 33.7. The number of hydrogen-bond donors (Lipinski definition) is 0. The van der Waals surface area contributed by atoms with E-state index in [9.17, 15) is 0 Å². The second-order valence-electron chi connectivity index (χ2n) is 17.2. The van der Waals surface area contributed by atoms with Crippen LogP contribution in [0.2, 0.25) is 0 Å². The van der Waals surface area contributed by atoms with Crippen molar-refractivity contribution in [3.63, 3.8) is 0 Å². The molecule has 0 aliphatic heterocycles. The van der Waals surface area contributed by atoms with Crippen molar-refractivity contribution < 1.29 is 4.42 Å². The molecule has 0 bridgehead atoms. The van der Waals surface area contributed by atoms with E-state index in [1.807, 2.05) is 24.3 Å². The van der Waals surface area contributed by atoms with Crippen molar-refractivity contribution in [2.45, 2.75) is 0 Å². The normalized spacial score (nSPS) is 11.5. The molecule has 0 N–H and O–H groups in total. The smallest absolute Gasteiger partial charge is 0.164 e. The minimum Gasteiger partial charge on any atom is -0.456 e. The van der Waals surface area contributed by atoms with Gasteiger partial charge in [-0.25, -0.2) is 15.0 Å². The molecule has 0 radical (unpaired) electrons. The Hall–Kier alpha value is -9.19. The fourth-order valence-electron chi connectivity index (χ4n) is 9.70. The summed E-state index contributed by atoms with van der Waals surface area (Å²) in [6.07, 6.45) is 0. The third-order valence-corrected chi connectivity index (χ3v) is 13.1. The van der Waals surface area contributed by atoms with Crippen LogP contribution in [0.4, 0.5) is 0 Å². The Bertz CT molecular complexity index is 3870. The molecule has 0 fully saturated rings. The van der Waals surface area contributed by atoms with Crippen molar-refractivity contribution in [1.29, 1.82) is 0 Å². The number of rotatable bonds is 8. The highest BCUT2D eigenvalue weighted by Gasteiger charge is 2.21. The predicted molar refractivity (Wildman–Crippen MR) is 279 cm³/mol. The van der Waals surface area contributed by atoms with E-state index in [2.05, 4.69) is 223 Å². The van der Waals surface area contributed by atoms with Gasteiger partial charge in [-0.05, 0) is 80.9 Å². The van der Waals surface area contributed by atoms with E-state index in [0.717, 1.165) is 99.5 Å². The minimum absolute atomic E-state index is 0.573. The summed E-state index contributed by atoms with van der Waals surface area (Å²) in [5.74, 6) is 1.77. The van der Waals surface area contributed by atoms with Gasteiger partial charge in [-0.2, -0.15) is 0 Å². The zero-order valence-corrected chi connectivity index (χ0v) is 36.8. The summed E-state index contributed by atoms with van der Waals surface area (Å²) in [4.78, 5) is 15.7. The van der Waals surface area contributed by atoms with Crippen LogP contribution in [-0.2, 0) is 0 Å². The summed E-state index contributed by atoms with van der Waals surface area (Å²) >= 11 is 0. The standard InChI is InChI=1S/C63H40N4O/c1-4-14-41(15-5-1)44-26-28-47(29-27-44)50-20-12-21-51(38-50)67-56-24-11-10-22-52(56)54-40-59-55(39-57(54)67)60-53(23-13-25-58(60)68-59)63-65-61(48-34-30-45(31-35-48)42-16-6-2-7-17-42)64-62(66-63)49-36-32-46(33-37-49)43-18-8-3-9-19-43/h1-40H. The summed E-state index contributed by atoms with van der Waals surface area (Å²) in [6, 6.07) is 85.2. The highest BCUT2D eigenvalue weighted by molar-refractivity contribution is 6.19. The molecule has 0 unspecified atom stereocenters. The molecular weight excluding hydrogens is 829 g/mol.